The molecule has 10 heteroatoms. The molecular formula is C22H20N4O4S2. The smallest absolute Gasteiger partial charge is 0.277 e. The van der Waals surface area contributed by atoms with Gasteiger partial charge in [0.05, 0.1) is 10.8 Å². The van der Waals surface area contributed by atoms with Crippen LogP contribution in [0.25, 0.3) is 11.5 Å². The van der Waals surface area contributed by atoms with Gasteiger partial charge in [0.15, 0.2) is 11.5 Å². The Hall–Kier alpha value is -3.03. The molecule has 1 amide bonds. The fourth-order valence-corrected chi connectivity index (χ4v) is 5.70. The van der Waals surface area contributed by atoms with E-state index in [0.717, 1.165) is 31.2 Å². The highest BCUT2D eigenvalue weighted by molar-refractivity contribution is 8.00. The first-order valence-electron chi connectivity index (χ1n) is 10.4. The summed E-state index contributed by atoms with van der Waals surface area (Å²) >= 11 is 2.70. The number of nitriles is 1. The van der Waals surface area contributed by atoms with E-state index >= 15 is 0 Å². The van der Waals surface area contributed by atoms with Crippen LogP contribution in [0, 0.1) is 11.3 Å². The first-order valence-corrected chi connectivity index (χ1v) is 12.1. The monoisotopic (exact) mass is 468 g/mol. The van der Waals surface area contributed by atoms with Crippen molar-refractivity contribution in [1.29, 1.82) is 5.26 Å². The van der Waals surface area contributed by atoms with Crippen LogP contribution in [0.15, 0.2) is 27.8 Å². The highest BCUT2D eigenvalue weighted by atomic mass is 32.2. The van der Waals surface area contributed by atoms with E-state index in [4.69, 9.17) is 13.9 Å². The van der Waals surface area contributed by atoms with E-state index in [-0.39, 0.29) is 12.7 Å². The molecule has 0 radical (unpaired) electrons. The molecule has 0 saturated carbocycles. The molecule has 1 aliphatic heterocycles. The highest BCUT2D eigenvalue weighted by Gasteiger charge is 2.24. The van der Waals surface area contributed by atoms with Gasteiger partial charge in [0.2, 0.25) is 18.6 Å². The molecule has 0 spiro atoms. The number of nitrogens with zero attached hydrogens (tertiary/aromatic N) is 3. The minimum absolute atomic E-state index is 0.192. The van der Waals surface area contributed by atoms with Crippen molar-refractivity contribution in [2.24, 2.45) is 0 Å². The van der Waals surface area contributed by atoms with E-state index in [9.17, 15) is 10.1 Å². The van der Waals surface area contributed by atoms with Gasteiger partial charge in [-0.05, 0) is 56.4 Å². The Labute approximate surface area is 192 Å². The molecular weight excluding hydrogens is 448 g/mol. The summed E-state index contributed by atoms with van der Waals surface area (Å²) in [5.74, 6) is 1.44. The second kappa shape index (κ2) is 8.84. The third-order valence-corrected chi connectivity index (χ3v) is 7.58. The van der Waals surface area contributed by atoms with Crippen molar-refractivity contribution in [1.82, 2.24) is 10.2 Å². The molecule has 32 heavy (non-hydrogen) atoms. The number of carbonyl (C=O) groups is 1. The fourth-order valence-electron chi connectivity index (χ4n) is 3.77. The lowest BCUT2D eigenvalue weighted by Crippen LogP contribution is -2.22. The predicted octanol–water partition coefficient (Wildman–Crippen LogP) is 4.79. The lowest BCUT2D eigenvalue weighted by Gasteiger charge is -2.09. The number of thiophene rings is 1. The SMILES string of the molecule is C[C@H](Sc1nnc(-c2ccc3c(c2)OCO3)o1)C(=O)Nc1sc2c(c1C#N)CCCCC2. The Kier molecular flexibility index (Phi) is 5.76. The van der Waals surface area contributed by atoms with Crippen molar-refractivity contribution in [3.63, 3.8) is 0 Å². The Balaban J connectivity index is 1.27. The first-order chi connectivity index (χ1) is 15.6. The lowest BCUT2D eigenvalue weighted by atomic mass is 10.1. The number of anilines is 1. The molecule has 2 aliphatic rings. The van der Waals surface area contributed by atoms with Gasteiger partial charge in [-0.25, -0.2) is 0 Å². The zero-order chi connectivity index (χ0) is 22.1. The molecule has 0 unspecified atom stereocenters. The summed E-state index contributed by atoms with van der Waals surface area (Å²) < 4.78 is 16.4. The van der Waals surface area contributed by atoms with E-state index in [1.807, 2.05) is 6.07 Å². The second-order valence-corrected chi connectivity index (χ2v) is 9.97. The van der Waals surface area contributed by atoms with Crippen LogP contribution in [0.2, 0.25) is 0 Å². The summed E-state index contributed by atoms with van der Waals surface area (Å²) in [6.45, 7) is 1.96. The average Bonchev–Trinajstić information content (AvgIpc) is 3.48. The third kappa shape index (κ3) is 4.06. The van der Waals surface area contributed by atoms with Gasteiger partial charge in [-0.15, -0.1) is 21.5 Å². The van der Waals surface area contributed by atoms with Crippen LogP contribution in [-0.2, 0) is 17.6 Å². The normalized spacial score (nSPS) is 15.5. The van der Waals surface area contributed by atoms with Gasteiger partial charge in [-0.2, -0.15) is 5.26 Å². The molecule has 0 bridgehead atoms. The van der Waals surface area contributed by atoms with Crippen molar-refractivity contribution in [3.05, 3.63) is 34.2 Å². The zero-order valence-corrected chi connectivity index (χ0v) is 19.0. The average molecular weight is 469 g/mol. The molecule has 8 nitrogen and oxygen atoms in total. The van der Waals surface area contributed by atoms with Crippen LogP contribution in [0.3, 0.4) is 0 Å². The summed E-state index contributed by atoms with van der Waals surface area (Å²) in [6.07, 6.45) is 5.26. The number of carbonyl (C=O) groups excluding carboxylic acids is 1. The van der Waals surface area contributed by atoms with Gasteiger partial charge in [0, 0.05) is 10.4 Å². The molecule has 1 aliphatic carbocycles. The number of ether oxygens (including phenoxy) is 2. The number of fused-ring (bicyclic) bond motifs is 2. The van der Waals surface area contributed by atoms with Gasteiger partial charge in [0.1, 0.15) is 11.1 Å². The van der Waals surface area contributed by atoms with Crippen molar-refractivity contribution >= 4 is 34.0 Å². The summed E-state index contributed by atoms with van der Waals surface area (Å²) in [5.41, 5.74) is 2.43. The van der Waals surface area contributed by atoms with Crippen LogP contribution in [0.4, 0.5) is 5.00 Å². The Morgan fingerprint density at radius 3 is 2.94 bits per heavy atom. The molecule has 3 aromatic rings. The van der Waals surface area contributed by atoms with E-state index in [1.165, 1.54) is 34.4 Å². The minimum Gasteiger partial charge on any atom is -0.454 e. The predicted molar refractivity (Wildman–Crippen MR) is 120 cm³/mol. The van der Waals surface area contributed by atoms with E-state index in [2.05, 4.69) is 21.6 Å². The van der Waals surface area contributed by atoms with Crippen LogP contribution >= 0.6 is 23.1 Å². The van der Waals surface area contributed by atoms with E-state index in [0.29, 0.717) is 38.7 Å². The maximum atomic E-state index is 12.8. The Morgan fingerprint density at radius 2 is 2.06 bits per heavy atom. The number of benzene rings is 1. The van der Waals surface area contributed by atoms with Gasteiger partial charge in [-0.1, -0.05) is 18.2 Å². The summed E-state index contributed by atoms with van der Waals surface area (Å²) in [6, 6.07) is 7.68. The lowest BCUT2D eigenvalue weighted by molar-refractivity contribution is -0.115. The number of rotatable bonds is 5. The van der Waals surface area contributed by atoms with Crippen LogP contribution < -0.4 is 14.8 Å². The van der Waals surface area contributed by atoms with Crippen LogP contribution in [-0.4, -0.2) is 28.1 Å². The molecule has 1 atom stereocenters. The number of thioether (sulfide) groups is 1. The molecule has 0 fully saturated rings. The highest BCUT2D eigenvalue weighted by Crippen LogP contribution is 2.38. The van der Waals surface area contributed by atoms with Gasteiger partial charge >= 0.3 is 0 Å². The Bertz CT molecular complexity index is 1210. The molecule has 2 aromatic heterocycles. The van der Waals surface area contributed by atoms with Crippen molar-refractivity contribution < 1.29 is 18.7 Å². The van der Waals surface area contributed by atoms with Crippen LogP contribution in [0.5, 0.6) is 11.5 Å². The maximum Gasteiger partial charge on any atom is 0.277 e. The molecule has 0 saturated heterocycles. The maximum absolute atomic E-state index is 12.8. The topological polar surface area (TPSA) is 110 Å². The number of amides is 1. The molecule has 1 aromatic carbocycles. The Morgan fingerprint density at radius 1 is 1.22 bits per heavy atom. The first kappa shape index (κ1) is 20.8. The van der Waals surface area contributed by atoms with Crippen molar-refractivity contribution in [2.45, 2.75) is 49.5 Å². The third-order valence-electron chi connectivity index (χ3n) is 5.44. The van der Waals surface area contributed by atoms with Crippen molar-refractivity contribution in [3.8, 4) is 29.0 Å². The van der Waals surface area contributed by atoms with Gasteiger partial charge in [-0.3, -0.25) is 4.79 Å². The van der Waals surface area contributed by atoms with Crippen LogP contribution in [0.1, 0.15) is 42.2 Å². The second-order valence-electron chi connectivity index (χ2n) is 7.57. The number of hydrogen-bond acceptors (Lipinski definition) is 9. The van der Waals surface area contributed by atoms with Crippen molar-refractivity contribution in [2.75, 3.05) is 12.1 Å². The standard InChI is InChI=1S/C22H20N4O4S2/c1-12(19(27)24-21-15(10-23)14-5-3-2-4-6-18(14)32-21)31-22-26-25-20(30-22)13-7-8-16-17(9-13)29-11-28-16/h7-9,12H,2-6,11H2,1H3,(H,24,27)/t12-/m0/s1. The van der Waals surface area contributed by atoms with Gasteiger partial charge in [0.25, 0.3) is 5.22 Å². The fraction of sp³-hybridized carbons (Fsp3) is 0.364. The largest absolute Gasteiger partial charge is 0.454 e. The quantitative estimate of drug-likeness (QED) is 0.420. The number of hydrogen-bond donors (Lipinski definition) is 1. The number of aromatic nitrogens is 2. The van der Waals surface area contributed by atoms with E-state index in [1.54, 1.807) is 19.1 Å². The van der Waals surface area contributed by atoms with Gasteiger partial charge < -0.3 is 19.2 Å². The summed E-state index contributed by atoms with van der Waals surface area (Å²) in [5, 5.41) is 21.2. The zero-order valence-electron chi connectivity index (χ0n) is 17.3. The molecule has 5 rings (SSSR count). The summed E-state index contributed by atoms with van der Waals surface area (Å²) in [7, 11) is 0. The minimum atomic E-state index is -0.478. The molecule has 3 heterocycles. The number of nitrogens with one attached hydrogen (secondary N) is 1. The number of aryl methyl sites for hydroxylation is 1. The molecule has 1 N–H and O–H groups in total. The van der Waals surface area contributed by atoms with E-state index < -0.39 is 5.25 Å². The molecule has 164 valence electrons. The summed E-state index contributed by atoms with van der Waals surface area (Å²) in [4.78, 5) is 14.0.